The maximum Gasteiger partial charge on any atom is 0.409 e. The Morgan fingerprint density at radius 1 is 0.516 bits per heavy atom. The number of piperidine rings is 3. The van der Waals surface area contributed by atoms with E-state index in [0.717, 1.165) is 129 Å². The highest BCUT2D eigenvalue weighted by molar-refractivity contribution is 9.15. The van der Waals surface area contributed by atoms with E-state index in [-0.39, 0.29) is 41.9 Å². The minimum Gasteiger partial charge on any atom is -0.450 e. The van der Waals surface area contributed by atoms with Gasteiger partial charge in [0.1, 0.15) is 5.54 Å². The van der Waals surface area contributed by atoms with E-state index in [2.05, 4.69) is 141 Å². The Balaban J connectivity index is 0.000000144. The number of pyridine rings is 3. The van der Waals surface area contributed by atoms with Crippen molar-refractivity contribution in [1.82, 2.24) is 37.5 Å². The average Bonchev–Trinajstić information content (AvgIpc) is 1.77. The van der Waals surface area contributed by atoms with E-state index in [4.69, 9.17) is 64.0 Å². The number of likely N-dealkylation sites (tertiary alicyclic amines) is 3. The SMILES string of the molecule is CC1(C)C(=O)N(Br)C(=O)N1Br.CCOC(=O)N1CCC(C2c3cc(Br)c(Cl)cc3C=C(Br)c3cccnc32)CC1.CCOC(=O)N1CCC(C2c3ccc(Cl)cc3C=C(Br)c3cccnc32)CC1.CCOC(=O)N1CCC(C2c3ccc(Cl)cc3C=Cc3cccnc32)CC1. The average molecular weight is 1670 g/mol. The van der Waals surface area contributed by atoms with Crippen LogP contribution in [0.1, 0.15) is 158 Å². The molecule has 0 spiro atoms. The Bertz CT molecular complexity index is 3950. The Kier molecular flexibility index (Phi) is 24.6. The zero-order chi connectivity index (χ0) is 67.8. The maximum atomic E-state index is 12.1. The normalized spacial score (nSPS) is 19.7. The number of amides is 6. The first-order chi connectivity index (χ1) is 45.6. The topological polar surface area (TPSA) is 168 Å². The lowest BCUT2D eigenvalue weighted by Crippen LogP contribution is -2.40. The number of rotatable bonds is 6. The Labute approximate surface area is 612 Å². The van der Waals surface area contributed by atoms with Crippen molar-refractivity contribution in [2.24, 2.45) is 17.8 Å². The van der Waals surface area contributed by atoms with Crippen LogP contribution in [0.15, 0.2) is 108 Å². The molecule has 4 aliphatic heterocycles. The Morgan fingerprint density at radius 2 is 0.905 bits per heavy atom. The third-order valence-electron chi connectivity index (χ3n) is 18.3. The molecule has 24 heteroatoms. The lowest BCUT2D eigenvalue weighted by molar-refractivity contribution is -0.127. The number of nitrogens with zero attached hydrogens (tertiary/aromatic N) is 8. The summed E-state index contributed by atoms with van der Waals surface area (Å²) in [5.41, 5.74) is 12.9. The number of carbonyl (C=O) groups excluding carboxylic acids is 5. The van der Waals surface area contributed by atoms with Crippen molar-refractivity contribution in [2.45, 2.75) is 96.4 Å². The monoisotopic (exact) mass is 1660 g/mol. The number of urea groups is 1. The third-order valence-corrected chi connectivity index (χ3v) is 23.1. The maximum absolute atomic E-state index is 12.1. The van der Waals surface area contributed by atoms with Crippen molar-refractivity contribution >= 4 is 178 Å². The fourth-order valence-corrected chi connectivity index (χ4v) is 16.7. The molecular formula is C71H72Br5Cl3N8O8. The molecule has 4 fully saturated rings. The summed E-state index contributed by atoms with van der Waals surface area (Å²) in [6.07, 6.45) is 19.0. The number of hydrogen-bond donors (Lipinski definition) is 0. The quantitative estimate of drug-likeness (QED) is 0.0884. The van der Waals surface area contributed by atoms with E-state index in [1.165, 1.54) is 20.6 Å². The lowest BCUT2D eigenvalue weighted by Gasteiger charge is -2.36. The van der Waals surface area contributed by atoms with Crippen LogP contribution in [0.25, 0.3) is 33.3 Å². The molecule has 0 saturated carbocycles. The van der Waals surface area contributed by atoms with E-state index in [0.29, 0.717) is 68.8 Å². The molecule has 0 bridgehead atoms. The summed E-state index contributed by atoms with van der Waals surface area (Å²) in [5, 5.41) is 2.16. The summed E-state index contributed by atoms with van der Waals surface area (Å²) in [6, 6.07) is 28.2. The van der Waals surface area contributed by atoms with Crippen molar-refractivity contribution in [3.8, 4) is 0 Å². The molecule has 3 atom stereocenters. The number of aromatic nitrogens is 3. The summed E-state index contributed by atoms with van der Waals surface area (Å²) < 4.78 is 20.5. The molecule has 500 valence electrons. The highest BCUT2D eigenvalue weighted by Crippen LogP contribution is 2.49. The molecule has 95 heavy (non-hydrogen) atoms. The van der Waals surface area contributed by atoms with Crippen LogP contribution in [0.4, 0.5) is 19.2 Å². The molecule has 3 aromatic heterocycles. The fraction of sp³-hybridized carbons (Fsp3) is 0.380. The van der Waals surface area contributed by atoms with Crippen molar-refractivity contribution in [3.05, 3.63) is 190 Å². The smallest absolute Gasteiger partial charge is 0.409 e. The molecule has 3 unspecified atom stereocenters. The highest BCUT2D eigenvalue weighted by atomic mass is 79.9. The minimum atomic E-state index is -0.805. The number of hydrogen-bond acceptors (Lipinski definition) is 11. The van der Waals surface area contributed by atoms with Crippen LogP contribution in [0.3, 0.4) is 0 Å². The van der Waals surface area contributed by atoms with E-state index in [9.17, 15) is 24.0 Å². The van der Waals surface area contributed by atoms with Gasteiger partial charge in [0, 0.05) is 110 Å². The second kappa shape index (κ2) is 32.4. The summed E-state index contributed by atoms with van der Waals surface area (Å²) in [4.78, 5) is 78.3. The van der Waals surface area contributed by atoms with Crippen molar-refractivity contribution < 1.29 is 38.2 Å². The number of benzene rings is 3. The van der Waals surface area contributed by atoms with E-state index >= 15 is 0 Å². The van der Waals surface area contributed by atoms with Crippen molar-refractivity contribution in [2.75, 3.05) is 59.1 Å². The minimum absolute atomic E-state index is 0.130. The van der Waals surface area contributed by atoms with Crippen LogP contribution in [-0.2, 0) is 19.0 Å². The van der Waals surface area contributed by atoms with Gasteiger partial charge < -0.3 is 28.9 Å². The summed E-state index contributed by atoms with van der Waals surface area (Å²) in [7, 11) is 0. The first kappa shape index (κ1) is 72.1. The molecule has 7 heterocycles. The molecule has 0 N–H and O–H groups in total. The van der Waals surface area contributed by atoms with Gasteiger partial charge in [-0.15, -0.1) is 0 Å². The molecule has 3 aliphatic carbocycles. The van der Waals surface area contributed by atoms with E-state index < -0.39 is 11.6 Å². The van der Waals surface area contributed by atoms with Crippen LogP contribution in [0.5, 0.6) is 0 Å². The standard InChI is InChI=1S/C22H21Br2ClN2O2.C22H22BrClN2O2.C22H23ClN2O2.C5H6Br2N2O2/c1-2-29-22(28)27-8-5-13(6-9-27)20-16-12-18(24)19(25)11-14(16)10-17(23)15-4-3-7-26-21(15)20;1-2-28-22(27)26-10-7-14(8-11-26)20-17-6-5-16(24)12-15(17)13-19(23)18-4-3-9-25-21(18)20;1-2-27-22(26)25-12-9-15(10-13-25)20-19-8-7-18(23)14-17(19)6-5-16-4-3-11-24-21(16)20;1-5(2)3(10)8(6)4(11)9(5)7/h3-4,7,10-13,20H,2,5-6,8-9H2,1H3;3-6,9,12-14,20H,2,7-8,10-11H2,1H3;3-8,11,14-15,20H,2,9-10,12-13H2,1H3;1-2H3. The molecular weight excluding hydrogens is 1600 g/mol. The van der Waals surface area contributed by atoms with Crippen molar-refractivity contribution in [1.29, 1.82) is 0 Å². The summed E-state index contributed by atoms with van der Waals surface area (Å²) in [6.45, 7) is 14.3. The van der Waals surface area contributed by atoms with Crippen LogP contribution >= 0.6 is 115 Å². The lowest BCUT2D eigenvalue weighted by atomic mass is 9.76. The third kappa shape index (κ3) is 16.2. The largest absolute Gasteiger partial charge is 0.450 e. The zero-order valence-electron chi connectivity index (χ0n) is 53.1. The molecule has 6 amide bonds. The van der Waals surface area contributed by atoms with Gasteiger partial charge in [-0.25, -0.2) is 23.1 Å². The summed E-state index contributed by atoms with van der Waals surface area (Å²) in [5.74, 6) is 1.40. The van der Waals surface area contributed by atoms with Crippen molar-refractivity contribution in [3.63, 3.8) is 0 Å². The summed E-state index contributed by atoms with van der Waals surface area (Å²) >= 11 is 35.9. The fourth-order valence-electron chi connectivity index (χ4n) is 13.6. The molecule has 7 aliphatic rings. The van der Waals surface area contributed by atoms with E-state index in [1.54, 1.807) is 13.8 Å². The van der Waals surface area contributed by atoms with Crippen LogP contribution in [0.2, 0.25) is 15.1 Å². The molecule has 13 rings (SSSR count). The molecule has 0 radical (unpaired) electrons. The first-order valence-electron chi connectivity index (χ1n) is 31.7. The van der Waals surface area contributed by atoms with Gasteiger partial charge in [-0.1, -0.05) is 109 Å². The molecule has 3 aromatic carbocycles. The van der Waals surface area contributed by atoms with Gasteiger partial charge in [0.05, 0.1) is 74.2 Å². The predicted molar refractivity (Wildman–Crippen MR) is 393 cm³/mol. The van der Waals surface area contributed by atoms with Gasteiger partial charge in [0.2, 0.25) is 0 Å². The number of imide groups is 1. The van der Waals surface area contributed by atoms with Gasteiger partial charge in [-0.05, 0) is 213 Å². The van der Waals surface area contributed by atoms with E-state index in [1.807, 2.05) is 103 Å². The number of carbonyl (C=O) groups is 5. The second-order valence-corrected chi connectivity index (χ2v) is 29.6. The Hall–Kier alpha value is -5.65. The van der Waals surface area contributed by atoms with Crippen LogP contribution in [0, 0.1) is 17.8 Å². The van der Waals surface area contributed by atoms with Crippen LogP contribution < -0.4 is 0 Å². The van der Waals surface area contributed by atoms with Crippen LogP contribution in [-0.4, -0.2) is 132 Å². The van der Waals surface area contributed by atoms with Gasteiger partial charge in [-0.3, -0.25) is 19.7 Å². The van der Waals surface area contributed by atoms with Gasteiger partial charge >= 0.3 is 24.3 Å². The predicted octanol–water partition coefficient (Wildman–Crippen LogP) is 19.5. The second-order valence-electron chi connectivity index (χ2n) is 24.3. The highest BCUT2D eigenvalue weighted by Gasteiger charge is 2.50. The zero-order valence-corrected chi connectivity index (χ0v) is 63.3. The first-order valence-corrected chi connectivity index (χ1v) is 36.7. The van der Waals surface area contributed by atoms with Gasteiger partial charge in [0.15, 0.2) is 0 Å². The molecule has 4 saturated heterocycles. The molecule has 6 aromatic rings. The van der Waals surface area contributed by atoms with Gasteiger partial charge in [-0.2, -0.15) is 3.93 Å². The van der Waals surface area contributed by atoms with Gasteiger partial charge in [0.25, 0.3) is 5.91 Å². The number of halogens is 8. The number of fused-ring (bicyclic) bond motifs is 6. The molecule has 16 nitrogen and oxygen atoms in total. The Morgan fingerprint density at radius 3 is 1.33 bits per heavy atom. The number of ether oxygens (including phenoxy) is 3.